The molecule has 0 unspecified atom stereocenters. The summed E-state index contributed by atoms with van der Waals surface area (Å²) in [7, 11) is 0. The molecule has 1 aliphatic rings. The second kappa shape index (κ2) is 8.05. The van der Waals surface area contributed by atoms with E-state index in [2.05, 4.69) is 15.7 Å². The number of benzene rings is 2. The maximum Gasteiger partial charge on any atom is 0.410 e. The predicted octanol–water partition coefficient (Wildman–Crippen LogP) is 6.24. The van der Waals surface area contributed by atoms with E-state index in [0.29, 0.717) is 16.3 Å². The molecule has 11 heteroatoms. The molecular formula is C20H14Cl2F4N4O. The fourth-order valence-corrected chi connectivity index (χ4v) is 3.67. The van der Waals surface area contributed by atoms with Crippen molar-refractivity contribution in [2.45, 2.75) is 24.7 Å². The molecule has 0 bridgehead atoms. The summed E-state index contributed by atoms with van der Waals surface area (Å²) in [5.41, 5.74) is 0.599. The highest BCUT2D eigenvalue weighted by atomic mass is 35.5. The molecule has 0 saturated carbocycles. The van der Waals surface area contributed by atoms with Gasteiger partial charge in [0.15, 0.2) is 11.7 Å². The Morgan fingerprint density at radius 1 is 1.10 bits per heavy atom. The fraction of sp³-hybridized carbons (Fsp3) is 0.200. The Morgan fingerprint density at radius 3 is 2.45 bits per heavy atom. The minimum Gasteiger partial charge on any atom is -0.363 e. The van der Waals surface area contributed by atoms with Gasteiger partial charge in [0.2, 0.25) is 0 Å². The van der Waals surface area contributed by atoms with Gasteiger partial charge in [0.05, 0.1) is 16.1 Å². The fourth-order valence-electron chi connectivity index (χ4n) is 3.37. The largest absolute Gasteiger partial charge is 0.410 e. The van der Waals surface area contributed by atoms with Gasteiger partial charge in [0.25, 0.3) is 5.91 Å². The quantitative estimate of drug-likeness (QED) is 0.443. The first kappa shape index (κ1) is 21.5. The van der Waals surface area contributed by atoms with Gasteiger partial charge in [-0.2, -0.15) is 18.3 Å². The molecule has 0 spiro atoms. The molecule has 2 aromatic carbocycles. The zero-order chi connectivity index (χ0) is 22.3. The Balaban J connectivity index is 1.63. The van der Waals surface area contributed by atoms with Crippen molar-refractivity contribution in [1.29, 1.82) is 0 Å². The van der Waals surface area contributed by atoms with Crippen LogP contribution in [-0.4, -0.2) is 21.9 Å². The van der Waals surface area contributed by atoms with E-state index in [9.17, 15) is 22.4 Å². The molecule has 0 aliphatic carbocycles. The zero-order valence-corrected chi connectivity index (χ0v) is 17.1. The smallest absolute Gasteiger partial charge is 0.363 e. The standard InChI is InChI=1S/C20H14Cl2F4N4O/c21-13-6-5-12(7-14(13)22)27-19(31)16-9-18-28-15(10-1-3-11(23)4-2-10)8-17(20(24,25)26)30(18)29-16/h1-7,9,15,17,28H,8H2,(H,27,31)/t15-,17+/m1/s1. The third-order valence-corrected chi connectivity index (χ3v) is 5.61. The van der Waals surface area contributed by atoms with Gasteiger partial charge >= 0.3 is 6.18 Å². The van der Waals surface area contributed by atoms with Gasteiger partial charge in [-0.05, 0) is 35.9 Å². The van der Waals surface area contributed by atoms with Crippen molar-refractivity contribution >= 4 is 40.6 Å². The molecule has 3 aromatic rings. The highest BCUT2D eigenvalue weighted by Gasteiger charge is 2.46. The number of alkyl halides is 3. The number of halogens is 6. The number of rotatable bonds is 3. The molecule has 1 aliphatic heterocycles. The molecule has 0 saturated heterocycles. The summed E-state index contributed by atoms with van der Waals surface area (Å²) < 4.78 is 55.2. The summed E-state index contributed by atoms with van der Waals surface area (Å²) in [5.74, 6) is -1.17. The number of carbonyl (C=O) groups excluding carboxylic acids is 1. The van der Waals surface area contributed by atoms with Gasteiger partial charge in [-0.15, -0.1) is 0 Å². The number of aromatic nitrogens is 2. The molecule has 1 amide bonds. The van der Waals surface area contributed by atoms with E-state index >= 15 is 0 Å². The SMILES string of the molecule is O=C(Nc1ccc(Cl)c(Cl)c1)c1cc2n(n1)[C@H](C(F)(F)F)C[C@H](c1ccc(F)cc1)N2. The monoisotopic (exact) mass is 472 g/mol. The Hall–Kier alpha value is -2.78. The number of amides is 1. The minimum atomic E-state index is -4.60. The summed E-state index contributed by atoms with van der Waals surface area (Å²) in [5, 5.41) is 9.86. The van der Waals surface area contributed by atoms with Crippen LogP contribution in [0.25, 0.3) is 0 Å². The Bertz CT molecular complexity index is 1130. The molecule has 2 N–H and O–H groups in total. The van der Waals surface area contributed by atoms with Gasteiger partial charge in [-0.3, -0.25) is 4.79 Å². The number of hydrogen-bond acceptors (Lipinski definition) is 3. The van der Waals surface area contributed by atoms with Crippen LogP contribution in [-0.2, 0) is 0 Å². The number of nitrogens with zero attached hydrogens (tertiary/aromatic N) is 2. The number of hydrogen-bond donors (Lipinski definition) is 2. The van der Waals surface area contributed by atoms with Gasteiger partial charge < -0.3 is 10.6 Å². The third kappa shape index (κ3) is 4.47. The highest BCUT2D eigenvalue weighted by molar-refractivity contribution is 6.42. The molecule has 5 nitrogen and oxygen atoms in total. The maximum atomic E-state index is 13.7. The van der Waals surface area contributed by atoms with E-state index in [1.165, 1.54) is 48.5 Å². The summed E-state index contributed by atoms with van der Waals surface area (Å²) in [6.07, 6.45) is -4.96. The molecular weight excluding hydrogens is 459 g/mol. The average Bonchev–Trinajstić information content (AvgIpc) is 3.14. The van der Waals surface area contributed by atoms with Gasteiger partial charge in [0.1, 0.15) is 11.6 Å². The van der Waals surface area contributed by atoms with Crippen LogP contribution in [0, 0.1) is 5.82 Å². The van der Waals surface area contributed by atoms with Gasteiger partial charge in [0, 0.05) is 18.2 Å². The van der Waals surface area contributed by atoms with E-state index in [1.54, 1.807) is 0 Å². The van der Waals surface area contributed by atoms with Crippen molar-refractivity contribution in [1.82, 2.24) is 9.78 Å². The van der Waals surface area contributed by atoms with E-state index in [-0.39, 0.29) is 23.0 Å². The van der Waals surface area contributed by atoms with Crippen molar-refractivity contribution in [2.75, 3.05) is 10.6 Å². The third-order valence-electron chi connectivity index (χ3n) is 4.87. The first-order chi connectivity index (χ1) is 14.6. The van der Waals surface area contributed by atoms with Crippen LogP contribution in [0.15, 0.2) is 48.5 Å². The van der Waals surface area contributed by atoms with Gasteiger partial charge in [-0.1, -0.05) is 35.3 Å². The average molecular weight is 473 g/mol. The normalized spacial score (nSPS) is 18.3. The first-order valence-electron chi connectivity index (χ1n) is 9.06. The second-order valence-electron chi connectivity index (χ2n) is 6.98. The lowest BCUT2D eigenvalue weighted by Crippen LogP contribution is -2.35. The lowest BCUT2D eigenvalue weighted by atomic mass is 9.97. The van der Waals surface area contributed by atoms with Crippen molar-refractivity contribution in [3.05, 3.63) is 75.7 Å². The molecule has 2 atom stereocenters. The molecule has 2 heterocycles. The Kier molecular flexibility index (Phi) is 5.57. The van der Waals surface area contributed by atoms with Crippen LogP contribution in [0.1, 0.15) is 34.6 Å². The van der Waals surface area contributed by atoms with E-state index in [4.69, 9.17) is 23.2 Å². The van der Waals surface area contributed by atoms with Crippen molar-refractivity contribution in [3.8, 4) is 0 Å². The van der Waals surface area contributed by atoms with Crippen LogP contribution in [0.2, 0.25) is 10.0 Å². The predicted molar refractivity (Wildman–Crippen MR) is 109 cm³/mol. The van der Waals surface area contributed by atoms with Crippen LogP contribution in [0.4, 0.5) is 29.1 Å². The molecule has 31 heavy (non-hydrogen) atoms. The van der Waals surface area contributed by atoms with Crippen molar-refractivity contribution < 1.29 is 22.4 Å². The van der Waals surface area contributed by atoms with Crippen LogP contribution in [0.3, 0.4) is 0 Å². The minimum absolute atomic E-state index is 0.0298. The molecule has 4 rings (SSSR count). The van der Waals surface area contributed by atoms with E-state index in [1.807, 2.05) is 0 Å². The number of fused-ring (bicyclic) bond motifs is 1. The summed E-state index contributed by atoms with van der Waals surface area (Å²) in [4.78, 5) is 12.6. The zero-order valence-electron chi connectivity index (χ0n) is 15.6. The number of nitrogens with one attached hydrogen (secondary N) is 2. The Morgan fingerprint density at radius 2 is 1.81 bits per heavy atom. The summed E-state index contributed by atoms with van der Waals surface area (Å²) >= 11 is 11.8. The molecule has 0 radical (unpaired) electrons. The highest BCUT2D eigenvalue weighted by Crippen LogP contribution is 2.43. The lowest BCUT2D eigenvalue weighted by Gasteiger charge is -2.33. The van der Waals surface area contributed by atoms with Crippen molar-refractivity contribution in [3.63, 3.8) is 0 Å². The summed E-state index contributed by atoms with van der Waals surface area (Å²) in [6, 6.07) is 8.15. The molecule has 0 fully saturated rings. The lowest BCUT2D eigenvalue weighted by molar-refractivity contribution is -0.173. The molecule has 1 aromatic heterocycles. The first-order valence-corrected chi connectivity index (χ1v) is 9.82. The van der Waals surface area contributed by atoms with E-state index < -0.39 is 30.0 Å². The maximum absolute atomic E-state index is 13.7. The van der Waals surface area contributed by atoms with E-state index in [0.717, 1.165) is 4.68 Å². The van der Waals surface area contributed by atoms with Crippen molar-refractivity contribution in [2.24, 2.45) is 0 Å². The van der Waals surface area contributed by atoms with Crippen LogP contribution >= 0.6 is 23.2 Å². The topological polar surface area (TPSA) is 59.0 Å². The number of carbonyl (C=O) groups is 1. The van der Waals surface area contributed by atoms with Gasteiger partial charge in [-0.25, -0.2) is 9.07 Å². The summed E-state index contributed by atoms with van der Waals surface area (Å²) in [6.45, 7) is 0. The van der Waals surface area contributed by atoms with Crippen LogP contribution in [0.5, 0.6) is 0 Å². The number of anilines is 2. The van der Waals surface area contributed by atoms with Crippen LogP contribution < -0.4 is 10.6 Å². The molecule has 162 valence electrons. The second-order valence-corrected chi connectivity index (χ2v) is 7.80. The Labute approximate surface area is 184 Å².